The van der Waals surface area contributed by atoms with Crippen LogP contribution in [0.1, 0.15) is 37.4 Å². The number of benzene rings is 2. The normalized spacial score (nSPS) is 16.0. The Kier molecular flexibility index (Phi) is 7.07. The molecule has 7 heteroatoms. The minimum absolute atomic E-state index is 0.106. The van der Waals surface area contributed by atoms with E-state index in [9.17, 15) is 14.4 Å². The van der Waals surface area contributed by atoms with E-state index < -0.39 is 12.0 Å². The highest BCUT2D eigenvalue weighted by Gasteiger charge is 2.35. The number of hydrogen-bond acceptors (Lipinski definition) is 4. The van der Waals surface area contributed by atoms with Crippen LogP contribution in [0.25, 0.3) is 0 Å². The van der Waals surface area contributed by atoms with Crippen molar-refractivity contribution >= 4 is 23.6 Å². The van der Waals surface area contributed by atoms with E-state index in [0.29, 0.717) is 35.4 Å². The Bertz CT molecular complexity index is 1000. The van der Waals surface area contributed by atoms with Gasteiger partial charge >= 0.3 is 12.0 Å². The zero-order chi connectivity index (χ0) is 22.4. The van der Waals surface area contributed by atoms with Crippen LogP contribution in [0.3, 0.4) is 0 Å². The van der Waals surface area contributed by atoms with Gasteiger partial charge in [-0.1, -0.05) is 42.5 Å². The number of anilines is 1. The molecule has 0 fully saturated rings. The molecular formula is C24H27N3O4. The molecule has 2 aromatic carbocycles. The molecule has 3 rings (SSSR count). The lowest BCUT2D eigenvalue weighted by Crippen LogP contribution is -2.46. The average molecular weight is 421 g/mol. The van der Waals surface area contributed by atoms with E-state index in [1.807, 2.05) is 36.4 Å². The van der Waals surface area contributed by atoms with Gasteiger partial charge in [0.15, 0.2) is 0 Å². The van der Waals surface area contributed by atoms with E-state index in [-0.39, 0.29) is 18.5 Å². The van der Waals surface area contributed by atoms with Gasteiger partial charge in [-0.3, -0.25) is 4.79 Å². The van der Waals surface area contributed by atoms with Crippen molar-refractivity contribution in [2.75, 3.05) is 19.0 Å². The Labute approximate surface area is 182 Å². The van der Waals surface area contributed by atoms with Crippen LogP contribution in [-0.4, -0.2) is 36.5 Å². The summed E-state index contributed by atoms with van der Waals surface area (Å²) in [5.74, 6) is -0.583. The Morgan fingerprint density at radius 2 is 1.87 bits per heavy atom. The first-order valence-corrected chi connectivity index (χ1v) is 10.3. The van der Waals surface area contributed by atoms with E-state index >= 15 is 0 Å². The molecule has 0 bridgehead atoms. The van der Waals surface area contributed by atoms with Crippen molar-refractivity contribution in [2.45, 2.75) is 32.7 Å². The van der Waals surface area contributed by atoms with Crippen LogP contribution in [0.4, 0.5) is 10.5 Å². The van der Waals surface area contributed by atoms with Gasteiger partial charge in [-0.25, -0.2) is 9.59 Å². The number of amides is 3. The molecule has 7 nitrogen and oxygen atoms in total. The Morgan fingerprint density at radius 3 is 2.58 bits per heavy atom. The second-order valence-electron chi connectivity index (χ2n) is 7.32. The summed E-state index contributed by atoms with van der Waals surface area (Å²) in [7, 11) is 1.60. The number of esters is 1. The number of aryl methyl sites for hydroxylation is 1. The minimum Gasteiger partial charge on any atom is -0.463 e. The summed E-state index contributed by atoms with van der Waals surface area (Å²) in [5.41, 5.74) is 3.29. The Hall–Kier alpha value is -3.61. The van der Waals surface area contributed by atoms with Crippen LogP contribution in [0.2, 0.25) is 0 Å². The molecule has 0 radical (unpaired) electrons. The molecule has 0 aliphatic carbocycles. The lowest BCUT2D eigenvalue weighted by Gasteiger charge is -2.33. The number of nitrogens with zero attached hydrogens (tertiary/aromatic N) is 1. The average Bonchev–Trinajstić information content (AvgIpc) is 2.77. The molecule has 162 valence electrons. The Balaban J connectivity index is 1.78. The number of carbonyl (C=O) groups is 3. The zero-order valence-corrected chi connectivity index (χ0v) is 18.0. The largest absolute Gasteiger partial charge is 0.463 e. The zero-order valence-electron chi connectivity index (χ0n) is 18.0. The summed E-state index contributed by atoms with van der Waals surface area (Å²) in [5, 5.41) is 5.74. The molecule has 0 aromatic heterocycles. The SMILES string of the molecule is CCOC(=O)C1=C(C)N(C)C(=O)N[C@@H]1c1cccc(NC(=O)CCc2ccccc2)c1. The van der Waals surface area contributed by atoms with E-state index in [2.05, 4.69) is 10.6 Å². The summed E-state index contributed by atoms with van der Waals surface area (Å²) >= 11 is 0. The standard InChI is InChI=1S/C24H27N3O4/c1-4-31-23(29)21-16(2)27(3)24(30)26-22(21)18-11-8-12-19(15-18)25-20(28)14-13-17-9-6-5-7-10-17/h5-12,15,22H,4,13-14H2,1-3H3,(H,25,28)(H,26,30)/t22-/m1/s1. The number of carbonyl (C=O) groups excluding carboxylic acids is 3. The minimum atomic E-state index is -0.663. The van der Waals surface area contributed by atoms with Crippen LogP contribution in [0.5, 0.6) is 0 Å². The predicted molar refractivity (Wildman–Crippen MR) is 118 cm³/mol. The van der Waals surface area contributed by atoms with Gasteiger partial charge in [0.1, 0.15) is 0 Å². The predicted octanol–water partition coefficient (Wildman–Crippen LogP) is 3.79. The van der Waals surface area contributed by atoms with Gasteiger partial charge in [0.2, 0.25) is 5.91 Å². The van der Waals surface area contributed by atoms with Gasteiger partial charge in [0, 0.05) is 24.9 Å². The van der Waals surface area contributed by atoms with Crippen molar-refractivity contribution in [1.29, 1.82) is 0 Å². The molecule has 0 unspecified atom stereocenters. The van der Waals surface area contributed by atoms with E-state index in [1.165, 1.54) is 4.90 Å². The molecule has 1 aliphatic heterocycles. The van der Waals surface area contributed by atoms with Crippen LogP contribution in [-0.2, 0) is 20.7 Å². The molecule has 1 heterocycles. The molecule has 2 aromatic rings. The molecule has 31 heavy (non-hydrogen) atoms. The molecule has 0 spiro atoms. The van der Waals surface area contributed by atoms with Gasteiger partial charge in [0.05, 0.1) is 18.2 Å². The van der Waals surface area contributed by atoms with Gasteiger partial charge < -0.3 is 20.3 Å². The Morgan fingerprint density at radius 1 is 1.13 bits per heavy atom. The summed E-state index contributed by atoms with van der Waals surface area (Å²) in [6, 6.07) is 16.0. The summed E-state index contributed by atoms with van der Waals surface area (Å²) in [6.45, 7) is 3.68. The lowest BCUT2D eigenvalue weighted by atomic mass is 9.94. The van der Waals surface area contributed by atoms with Gasteiger partial charge in [-0.05, 0) is 43.5 Å². The third-order valence-electron chi connectivity index (χ3n) is 5.24. The summed E-state index contributed by atoms with van der Waals surface area (Å²) < 4.78 is 5.21. The fraction of sp³-hybridized carbons (Fsp3) is 0.292. The highest BCUT2D eigenvalue weighted by atomic mass is 16.5. The monoisotopic (exact) mass is 421 g/mol. The van der Waals surface area contributed by atoms with Gasteiger partial charge in [-0.15, -0.1) is 0 Å². The second-order valence-corrected chi connectivity index (χ2v) is 7.32. The number of rotatable bonds is 7. The molecule has 0 saturated carbocycles. The van der Waals surface area contributed by atoms with E-state index in [0.717, 1.165) is 5.56 Å². The van der Waals surface area contributed by atoms with Gasteiger partial charge in [0.25, 0.3) is 0 Å². The van der Waals surface area contributed by atoms with E-state index in [1.54, 1.807) is 39.1 Å². The maximum atomic E-state index is 12.6. The molecule has 3 amide bonds. The smallest absolute Gasteiger partial charge is 0.338 e. The van der Waals surface area contributed by atoms with E-state index in [4.69, 9.17) is 4.74 Å². The van der Waals surface area contributed by atoms with Crippen molar-refractivity contribution in [3.63, 3.8) is 0 Å². The topological polar surface area (TPSA) is 87.7 Å². The van der Waals surface area contributed by atoms with Crippen LogP contribution in [0, 0.1) is 0 Å². The maximum Gasteiger partial charge on any atom is 0.338 e. The third-order valence-corrected chi connectivity index (χ3v) is 5.24. The second kappa shape index (κ2) is 9.93. The molecule has 1 aliphatic rings. The molecule has 1 atom stereocenters. The summed E-state index contributed by atoms with van der Waals surface area (Å²) in [4.78, 5) is 38.7. The highest BCUT2D eigenvalue weighted by Crippen LogP contribution is 2.31. The van der Waals surface area contributed by atoms with Crippen LogP contribution >= 0.6 is 0 Å². The third kappa shape index (κ3) is 5.31. The van der Waals surface area contributed by atoms with Crippen molar-refractivity contribution < 1.29 is 19.1 Å². The first kappa shape index (κ1) is 22.1. The summed E-state index contributed by atoms with van der Waals surface area (Å²) in [6.07, 6.45) is 0.999. The fourth-order valence-corrected chi connectivity index (χ4v) is 3.48. The number of hydrogen-bond donors (Lipinski definition) is 2. The van der Waals surface area contributed by atoms with Crippen LogP contribution < -0.4 is 10.6 Å². The number of nitrogens with one attached hydrogen (secondary N) is 2. The highest BCUT2D eigenvalue weighted by molar-refractivity contribution is 5.95. The van der Waals surface area contributed by atoms with Crippen LogP contribution in [0.15, 0.2) is 65.9 Å². The van der Waals surface area contributed by atoms with Crippen molar-refractivity contribution in [3.8, 4) is 0 Å². The molecular weight excluding hydrogens is 394 g/mol. The molecule has 0 saturated heterocycles. The quantitative estimate of drug-likeness (QED) is 0.666. The first-order valence-electron chi connectivity index (χ1n) is 10.3. The number of urea groups is 1. The number of ether oxygens (including phenoxy) is 1. The van der Waals surface area contributed by atoms with Gasteiger partial charge in [-0.2, -0.15) is 0 Å². The molecule has 2 N–H and O–H groups in total. The first-order chi connectivity index (χ1) is 14.9. The lowest BCUT2D eigenvalue weighted by molar-refractivity contribution is -0.139. The van der Waals surface area contributed by atoms with Crippen molar-refractivity contribution in [2.24, 2.45) is 0 Å². The number of allylic oxidation sites excluding steroid dienone is 1. The fourth-order valence-electron chi connectivity index (χ4n) is 3.48. The van der Waals surface area contributed by atoms with Crippen molar-refractivity contribution in [1.82, 2.24) is 10.2 Å². The maximum absolute atomic E-state index is 12.6. The van der Waals surface area contributed by atoms with Crippen molar-refractivity contribution in [3.05, 3.63) is 77.0 Å².